The molecule has 128 valence electrons. The van der Waals surface area contributed by atoms with Crippen LogP contribution in [0.1, 0.15) is 44.6 Å². The summed E-state index contributed by atoms with van der Waals surface area (Å²) in [4.78, 5) is 14.4. The number of carbonyl (C=O) groups excluding carboxylic acids is 1. The van der Waals surface area contributed by atoms with Crippen molar-refractivity contribution in [1.82, 2.24) is 10.2 Å². The van der Waals surface area contributed by atoms with Gasteiger partial charge in [0.15, 0.2) is 0 Å². The Labute approximate surface area is 140 Å². The highest BCUT2D eigenvalue weighted by Gasteiger charge is 2.22. The molecule has 1 aromatic rings. The van der Waals surface area contributed by atoms with Gasteiger partial charge in [0.25, 0.3) is 0 Å². The van der Waals surface area contributed by atoms with E-state index in [-0.39, 0.29) is 11.9 Å². The van der Waals surface area contributed by atoms with Gasteiger partial charge in [-0.25, -0.2) is 0 Å². The zero-order valence-corrected chi connectivity index (χ0v) is 14.7. The third-order valence-electron chi connectivity index (χ3n) is 4.73. The molecule has 1 N–H and O–H groups in total. The molecule has 0 radical (unpaired) electrons. The number of carbonyl (C=O) groups is 1. The third-order valence-corrected chi connectivity index (χ3v) is 4.73. The van der Waals surface area contributed by atoms with Gasteiger partial charge in [-0.1, -0.05) is 37.0 Å². The number of amides is 1. The molecule has 0 aliphatic heterocycles. The Hall–Kier alpha value is -1.55. The lowest BCUT2D eigenvalue weighted by atomic mass is 9.95. The van der Waals surface area contributed by atoms with Crippen molar-refractivity contribution in [2.24, 2.45) is 0 Å². The molecule has 0 aromatic heterocycles. The van der Waals surface area contributed by atoms with Crippen LogP contribution in [-0.2, 0) is 4.79 Å². The lowest BCUT2D eigenvalue weighted by Crippen LogP contribution is -2.48. The lowest BCUT2D eigenvalue weighted by molar-refractivity contribution is -0.126. The van der Waals surface area contributed by atoms with Gasteiger partial charge in [-0.05, 0) is 45.9 Å². The van der Waals surface area contributed by atoms with E-state index in [0.717, 1.165) is 25.1 Å². The van der Waals surface area contributed by atoms with Gasteiger partial charge in [-0.3, -0.25) is 9.69 Å². The van der Waals surface area contributed by atoms with Gasteiger partial charge in [0.1, 0.15) is 12.4 Å². The fourth-order valence-electron chi connectivity index (χ4n) is 2.90. The largest absolute Gasteiger partial charge is 0.492 e. The summed E-state index contributed by atoms with van der Waals surface area (Å²) in [6, 6.07) is 8.29. The number of rotatable bonds is 7. The maximum atomic E-state index is 12.3. The van der Waals surface area contributed by atoms with Crippen LogP contribution in [0.15, 0.2) is 24.3 Å². The number of hydrogen-bond donors (Lipinski definition) is 1. The predicted octanol–water partition coefficient (Wildman–Crippen LogP) is 3.14. The van der Waals surface area contributed by atoms with Gasteiger partial charge in [-0.15, -0.1) is 0 Å². The number of nitrogens with zero attached hydrogens (tertiary/aromatic N) is 1. The van der Waals surface area contributed by atoms with Crippen molar-refractivity contribution < 1.29 is 9.53 Å². The van der Waals surface area contributed by atoms with Crippen LogP contribution in [0.4, 0.5) is 0 Å². The first-order valence-corrected chi connectivity index (χ1v) is 8.76. The molecule has 1 aliphatic rings. The number of hydrogen-bond acceptors (Lipinski definition) is 3. The Morgan fingerprint density at radius 2 is 1.91 bits per heavy atom. The molecule has 0 heterocycles. The molecular weight excluding hydrogens is 288 g/mol. The number of benzene rings is 1. The van der Waals surface area contributed by atoms with E-state index in [2.05, 4.69) is 12.2 Å². The molecule has 23 heavy (non-hydrogen) atoms. The smallest absolute Gasteiger partial charge is 0.237 e. The molecule has 4 heteroatoms. The van der Waals surface area contributed by atoms with E-state index in [0.29, 0.717) is 12.6 Å². The summed E-state index contributed by atoms with van der Waals surface area (Å²) in [5.41, 5.74) is 1.22. The average Bonchev–Trinajstić information content (AvgIpc) is 2.56. The molecule has 1 fully saturated rings. The molecule has 0 saturated heterocycles. The highest BCUT2D eigenvalue weighted by molar-refractivity contribution is 5.81. The van der Waals surface area contributed by atoms with Crippen LogP contribution < -0.4 is 10.1 Å². The van der Waals surface area contributed by atoms with Crippen LogP contribution in [0.3, 0.4) is 0 Å². The van der Waals surface area contributed by atoms with Crippen molar-refractivity contribution in [3.8, 4) is 5.75 Å². The molecule has 4 nitrogen and oxygen atoms in total. The number of aryl methyl sites for hydroxylation is 1. The Morgan fingerprint density at radius 1 is 1.26 bits per heavy atom. The topological polar surface area (TPSA) is 41.6 Å². The molecule has 0 bridgehead atoms. The van der Waals surface area contributed by atoms with Crippen molar-refractivity contribution in [1.29, 1.82) is 0 Å². The van der Waals surface area contributed by atoms with Gasteiger partial charge in [0.2, 0.25) is 5.91 Å². The van der Waals surface area contributed by atoms with E-state index in [4.69, 9.17) is 4.74 Å². The van der Waals surface area contributed by atoms with E-state index in [1.807, 2.05) is 43.1 Å². The number of ether oxygens (including phenoxy) is 1. The van der Waals surface area contributed by atoms with Gasteiger partial charge in [-0.2, -0.15) is 0 Å². The fourth-order valence-corrected chi connectivity index (χ4v) is 2.90. The van der Waals surface area contributed by atoms with Crippen LogP contribution in [-0.4, -0.2) is 43.1 Å². The summed E-state index contributed by atoms with van der Waals surface area (Å²) in [6.45, 7) is 5.34. The maximum absolute atomic E-state index is 12.3. The SMILES string of the molecule is Cc1ccc(OCCN(C)[C@H](C)C(=O)NC2CCCCC2)cc1. The lowest BCUT2D eigenvalue weighted by Gasteiger charge is -2.28. The van der Waals surface area contributed by atoms with Crippen LogP contribution in [0.25, 0.3) is 0 Å². The minimum absolute atomic E-state index is 0.126. The first-order valence-electron chi connectivity index (χ1n) is 8.76. The normalized spacial score (nSPS) is 17.0. The summed E-state index contributed by atoms with van der Waals surface area (Å²) < 4.78 is 5.74. The zero-order chi connectivity index (χ0) is 16.7. The van der Waals surface area contributed by atoms with Crippen molar-refractivity contribution in [3.05, 3.63) is 29.8 Å². The molecule has 0 unspecified atom stereocenters. The first-order chi connectivity index (χ1) is 11.1. The van der Waals surface area contributed by atoms with Gasteiger partial charge < -0.3 is 10.1 Å². The Kier molecular flexibility index (Phi) is 6.90. The second-order valence-corrected chi connectivity index (χ2v) is 6.66. The molecule has 1 saturated carbocycles. The molecule has 1 amide bonds. The van der Waals surface area contributed by atoms with Crippen LogP contribution in [0, 0.1) is 6.92 Å². The standard InChI is InChI=1S/C19H30N2O2/c1-15-9-11-18(12-10-15)23-14-13-21(3)16(2)19(22)20-17-7-5-4-6-8-17/h9-12,16-17H,4-8,13-14H2,1-3H3,(H,20,22)/t16-/m1/s1. The first kappa shape index (κ1) is 17.8. The minimum Gasteiger partial charge on any atom is -0.492 e. The summed E-state index contributed by atoms with van der Waals surface area (Å²) in [5.74, 6) is 1.01. The Balaban J connectivity index is 1.69. The van der Waals surface area contributed by atoms with Crippen molar-refractivity contribution in [2.75, 3.05) is 20.2 Å². The van der Waals surface area contributed by atoms with E-state index in [9.17, 15) is 4.79 Å². The molecule has 1 atom stereocenters. The third kappa shape index (κ3) is 5.87. The van der Waals surface area contributed by atoms with Crippen LogP contribution in [0.2, 0.25) is 0 Å². The molecule has 1 aromatic carbocycles. The summed E-state index contributed by atoms with van der Waals surface area (Å²) in [6.07, 6.45) is 6.02. The van der Waals surface area contributed by atoms with Crippen molar-refractivity contribution in [2.45, 2.75) is 58.0 Å². The van der Waals surface area contributed by atoms with Gasteiger partial charge in [0.05, 0.1) is 6.04 Å². The van der Waals surface area contributed by atoms with E-state index in [1.165, 1.54) is 24.8 Å². The molecule has 2 rings (SSSR count). The Bertz CT molecular complexity index is 481. The van der Waals surface area contributed by atoms with E-state index < -0.39 is 0 Å². The van der Waals surface area contributed by atoms with Crippen LogP contribution >= 0.6 is 0 Å². The summed E-state index contributed by atoms with van der Waals surface area (Å²) in [7, 11) is 1.98. The predicted molar refractivity (Wildman–Crippen MR) is 93.8 cm³/mol. The quantitative estimate of drug-likeness (QED) is 0.840. The van der Waals surface area contributed by atoms with Gasteiger partial charge >= 0.3 is 0 Å². The average molecular weight is 318 g/mol. The number of nitrogens with one attached hydrogen (secondary N) is 1. The maximum Gasteiger partial charge on any atom is 0.237 e. The zero-order valence-electron chi connectivity index (χ0n) is 14.7. The highest BCUT2D eigenvalue weighted by atomic mass is 16.5. The van der Waals surface area contributed by atoms with E-state index >= 15 is 0 Å². The second kappa shape index (κ2) is 8.92. The van der Waals surface area contributed by atoms with Crippen molar-refractivity contribution in [3.63, 3.8) is 0 Å². The Morgan fingerprint density at radius 3 is 2.57 bits per heavy atom. The van der Waals surface area contributed by atoms with Gasteiger partial charge in [0, 0.05) is 12.6 Å². The van der Waals surface area contributed by atoms with Crippen LogP contribution in [0.5, 0.6) is 5.75 Å². The minimum atomic E-state index is -0.126. The molecule has 1 aliphatic carbocycles. The monoisotopic (exact) mass is 318 g/mol. The second-order valence-electron chi connectivity index (χ2n) is 6.66. The molecular formula is C19H30N2O2. The molecule has 0 spiro atoms. The fraction of sp³-hybridized carbons (Fsp3) is 0.632. The summed E-state index contributed by atoms with van der Waals surface area (Å²) in [5, 5.41) is 3.19. The van der Waals surface area contributed by atoms with E-state index in [1.54, 1.807) is 0 Å². The summed E-state index contributed by atoms with van der Waals surface area (Å²) >= 11 is 0. The highest BCUT2D eigenvalue weighted by Crippen LogP contribution is 2.17. The number of likely N-dealkylation sites (N-methyl/N-ethyl adjacent to an activating group) is 1. The van der Waals surface area contributed by atoms with Crippen molar-refractivity contribution >= 4 is 5.91 Å².